The molecule has 0 radical (unpaired) electrons. The lowest BCUT2D eigenvalue weighted by molar-refractivity contribution is -0.130. The molecule has 31 heavy (non-hydrogen) atoms. The van der Waals surface area contributed by atoms with E-state index in [1.807, 2.05) is 18.2 Å². The van der Waals surface area contributed by atoms with E-state index in [-0.39, 0.29) is 11.8 Å². The van der Waals surface area contributed by atoms with Crippen LogP contribution in [0.4, 0.5) is 0 Å². The van der Waals surface area contributed by atoms with Crippen LogP contribution in [0.25, 0.3) is 10.4 Å². The number of hydrogen-bond donors (Lipinski definition) is 1. The summed E-state index contributed by atoms with van der Waals surface area (Å²) in [5.41, 5.74) is 7.84. The molecule has 3 aromatic rings. The van der Waals surface area contributed by atoms with Crippen molar-refractivity contribution in [3.8, 4) is 16.2 Å². The van der Waals surface area contributed by atoms with E-state index in [0.29, 0.717) is 37.2 Å². The van der Waals surface area contributed by atoms with Gasteiger partial charge >= 0.3 is 0 Å². The molecule has 160 valence electrons. The number of hydrogen-bond acceptors (Lipinski definition) is 4. The summed E-state index contributed by atoms with van der Waals surface area (Å²) < 4.78 is 5.36. The Labute approximate surface area is 186 Å². The first kappa shape index (κ1) is 21.1. The Hall–Kier alpha value is -3.12. The largest absolute Gasteiger partial charge is 0.496 e. The predicted molar refractivity (Wildman–Crippen MR) is 123 cm³/mol. The van der Waals surface area contributed by atoms with Crippen LogP contribution in [0.15, 0.2) is 66.0 Å². The number of para-hydroxylation sites is 1. The molecular weight excluding hydrogens is 408 g/mol. The fraction of sp³-hybridized carbons (Fsp3) is 0.280. The molecule has 1 fully saturated rings. The molecular formula is C25H26N2O3S. The Kier molecular flexibility index (Phi) is 6.09. The average Bonchev–Trinajstić information content (AvgIpc) is 3.34. The first-order chi connectivity index (χ1) is 15.0. The Bertz CT molecular complexity index is 1060. The van der Waals surface area contributed by atoms with Crippen molar-refractivity contribution >= 4 is 23.2 Å². The van der Waals surface area contributed by atoms with Gasteiger partial charge in [0.1, 0.15) is 5.75 Å². The van der Waals surface area contributed by atoms with Gasteiger partial charge in [-0.15, -0.1) is 11.3 Å². The van der Waals surface area contributed by atoms with E-state index in [0.717, 1.165) is 17.5 Å². The molecule has 2 N–H and O–H groups in total. The molecule has 1 aromatic heterocycles. The lowest BCUT2D eigenvalue weighted by Gasteiger charge is -2.41. The van der Waals surface area contributed by atoms with Gasteiger partial charge in [-0.05, 0) is 54.0 Å². The second kappa shape index (κ2) is 8.94. The molecule has 1 aliphatic rings. The number of carbonyl (C=O) groups excluding carboxylic acids is 2. The Balaban J connectivity index is 1.56. The predicted octanol–water partition coefficient (Wildman–Crippen LogP) is 4.37. The number of rotatable bonds is 6. The van der Waals surface area contributed by atoms with Gasteiger partial charge in [0.05, 0.1) is 18.1 Å². The zero-order valence-corrected chi connectivity index (χ0v) is 18.4. The summed E-state index contributed by atoms with van der Waals surface area (Å²) >= 11 is 1.70. The van der Waals surface area contributed by atoms with Crippen LogP contribution in [-0.4, -0.2) is 36.9 Å². The number of amides is 2. The van der Waals surface area contributed by atoms with E-state index in [9.17, 15) is 9.59 Å². The summed E-state index contributed by atoms with van der Waals surface area (Å²) in [7, 11) is 1.55. The second-order valence-corrected chi connectivity index (χ2v) is 8.97. The van der Waals surface area contributed by atoms with Gasteiger partial charge in [-0.1, -0.05) is 42.5 Å². The molecule has 4 rings (SSSR count). The third kappa shape index (κ3) is 4.35. The van der Waals surface area contributed by atoms with Gasteiger partial charge in [0.15, 0.2) is 0 Å². The van der Waals surface area contributed by atoms with E-state index in [1.54, 1.807) is 35.5 Å². The zero-order valence-electron chi connectivity index (χ0n) is 17.5. The van der Waals surface area contributed by atoms with Gasteiger partial charge in [-0.25, -0.2) is 0 Å². The molecule has 5 nitrogen and oxygen atoms in total. The average molecular weight is 435 g/mol. The van der Waals surface area contributed by atoms with E-state index in [4.69, 9.17) is 10.5 Å². The quantitative estimate of drug-likeness (QED) is 0.626. The maximum absolute atomic E-state index is 13.2. The SMILES string of the molecule is COc1ccccc1C(=O)N1CCCC(Cc2ccc(-c3cccs3)cc2)(C(N)=O)C1. The molecule has 0 aliphatic carbocycles. The number of nitrogens with zero attached hydrogens (tertiary/aromatic N) is 1. The minimum atomic E-state index is -0.777. The molecule has 2 amide bonds. The highest BCUT2D eigenvalue weighted by atomic mass is 32.1. The van der Waals surface area contributed by atoms with E-state index < -0.39 is 5.41 Å². The third-order valence-electron chi connectivity index (χ3n) is 6.03. The highest BCUT2D eigenvalue weighted by Crippen LogP contribution is 2.35. The number of likely N-dealkylation sites (tertiary alicyclic amines) is 1. The molecule has 0 saturated carbocycles. The Morgan fingerprint density at radius 3 is 2.55 bits per heavy atom. The van der Waals surface area contributed by atoms with Crippen molar-refractivity contribution in [2.45, 2.75) is 19.3 Å². The molecule has 2 heterocycles. The van der Waals surface area contributed by atoms with Crippen LogP contribution in [0.3, 0.4) is 0 Å². The normalized spacial score (nSPS) is 18.5. The number of nitrogens with two attached hydrogens (primary N) is 1. The van der Waals surface area contributed by atoms with E-state index in [1.165, 1.54) is 4.88 Å². The first-order valence-corrected chi connectivity index (χ1v) is 11.3. The maximum Gasteiger partial charge on any atom is 0.257 e. The molecule has 0 bridgehead atoms. The van der Waals surface area contributed by atoms with Crippen molar-refractivity contribution < 1.29 is 14.3 Å². The highest BCUT2D eigenvalue weighted by molar-refractivity contribution is 7.13. The standard InChI is InChI=1S/C25H26N2O3S/c1-30-21-7-3-2-6-20(21)23(28)27-14-5-13-25(17-27,24(26)29)16-18-9-11-19(12-10-18)22-8-4-15-31-22/h2-4,6-12,15H,5,13-14,16-17H2,1H3,(H2,26,29). The van der Waals surface area contributed by atoms with Crippen LogP contribution in [-0.2, 0) is 11.2 Å². The number of benzene rings is 2. The van der Waals surface area contributed by atoms with Crippen LogP contribution in [0.5, 0.6) is 5.75 Å². The van der Waals surface area contributed by atoms with Crippen molar-refractivity contribution in [2.24, 2.45) is 11.1 Å². The van der Waals surface area contributed by atoms with Gasteiger partial charge in [0.2, 0.25) is 5.91 Å². The van der Waals surface area contributed by atoms with Crippen LogP contribution in [0.1, 0.15) is 28.8 Å². The lowest BCUT2D eigenvalue weighted by atomic mass is 9.74. The molecule has 1 unspecified atom stereocenters. The van der Waals surface area contributed by atoms with Gasteiger partial charge in [-0.2, -0.15) is 0 Å². The van der Waals surface area contributed by atoms with Crippen LogP contribution in [0, 0.1) is 5.41 Å². The zero-order chi connectivity index (χ0) is 21.8. The number of primary amides is 1. The van der Waals surface area contributed by atoms with Gasteiger partial charge in [0, 0.05) is 18.0 Å². The Morgan fingerprint density at radius 1 is 1.10 bits per heavy atom. The van der Waals surface area contributed by atoms with Crippen molar-refractivity contribution in [3.05, 3.63) is 77.2 Å². The first-order valence-electron chi connectivity index (χ1n) is 10.4. The minimum absolute atomic E-state index is 0.129. The summed E-state index contributed by atoms with van der Waals surface area (Å²) in [6, 6.07) is 19.6. The topological polar surface area (TPSA) is 72.6 Å². The highest BCUT2D eigenvalue weighted by Gasteiger charge is 2.42. The van der Waals surface area contributed by atoms with Crippen molar-refractivity contribution in [1.29, 1.82) is 0 Å². The molecule has 1 atom stereocenters. The summed E-state index contributed by atoms with van der Waals surface area (Å²) in [4.78, 5) is 28.8. The second-order valence-electron chi connectivity index (χ2n) is 8.03. The number of carbonyl (C=O) groups is 2. The van der Waals surface area contributed by atoms with Gasteiger partial charge < -0.3 is 15.4 Å². The lowest BCUT2D eigenvalue weighted by Crippen LogP contribution is -2.53. The molecule has 2 aromatic carbocycles. The molecule has 1 saturated heterocycles. The van der Waals surface area contributed by atoms with Crippen LogP contribution < -0.4 is 10.5 Å². The monoisotopic (exact) mass is 434 g/mol. The minimum Gasteiger partial charge on any atom is -0.496 e. The van der Waals surface area contributed by atoms with E-state index >= 15 is 0 Å². The number of methoxy groups -OCH3 is 1. The summed E-state index contributed by atoms with van der Waals surface area (Å²) in [5, 5.41) is 2.06. The van der Waals surface area contributed by atoms with Crippen molar-refractivity contribution in [2.75, 3.05) is 20.2 Å². The molecule has 1 aliphatic heterocycles. The van der Waals surface area contributed by atoms with Gasteiger partial charge in [0.25, 0.3) is 5.91 Å². The summed E-state index contributed by atoms with van der Waals surface area (Å²) in [6.45, 7) is 0.912. The van der Waals surface area contributed by atoms with Crippen LogP contribution in [0.2, 0.25) is 0 Å². The number of thiophene rings is 1. The fourth-order valence-corrected chi connectivity index (χ4v) is 5.08. The molecule has 0 spiro atoms. The number of piperidine rings is 1. The summed E-state index contributed by atoms with van der Waals surface area (Å²) in [5.74, 6) is 0.0510. The fourth-order valence-electron chi connectivity index (χ4n) is 4.35. The smallest absolute Gasteiger partial charge is 0.257 e. The Morgan fingerprint density at radius 2 is 1.87 bits per heavy atom. The van der Waals surface area contributed by atoms with Crippen LogP contribution >= 0.6 is 11.3 Å². The summed E-state index contributed by atoms with van der Waals surface area (Å²) in [6.07, 6.45) is 1.92. The maximum atomic E-state index is 13.2. The van der Waals surface area contributed by atoms with E-state index in [2.05, 4.69) is 35.7 Å². The molecule has 6 heteroatoms. The van der Waals surface area contributed by atoms with Crippen molar-refractivity contribution in [1.82, 2.24) is 4.90 Å². The number of ether oxygens (including phenoxy) is 1. The van der Waals surface area contributed by atoms with Crippen molar-refractivity contribution in [3.63, 3.8) is 0 Å². The van der Waals surface area contributed by atoms with Gasteiger partial charge in [-0.3, -0.25) is 9.59 Å². The third-order valence-corrected chi connectivity index (χ3v) is 6.95.